The number of amides is 1. The number of phenolic OH excluding ortho intramolecular Hbond substituents is 1. The molecule has 0 fully saturated rings. The Balaban J connectivity index is 1.74. The van der Waals surface area contributed by atoms with Crippen LogP contribution < -0.4 is 5.32 Å². The molecule has 2 N–H and O–H groups in total. The number of hydrogen-bond acceptors (Lipinski definition) is 5. The minimum absolute atomic E-state index is 0.0335. The molecule has 0 bridgehead atoms. The molecule has 1 aromatic carbocycles. The van der Waals surface area contributed by atoms with Crippen molar-refractivity contribution in [1.29, 1.82) is 0 Å². The minimum atomic E-state index is -0.380. The quantitative estimate of drug-likeness (QED) is 0.579. The minimum Gasteiger partial charge on any atom is -0.507 e. The van der Waals surface area contributed by atoms with Crippen LogP contribution in [0.15, 0.2) is 49.1 Å². The number of aromatic hydroxyl groups is 1. The predicted molar refractivity (Wildman–Crippen MR) is 96.3 cm³/mol. The number of carbonyl (C=O) groups excluding carboxylic acids is 1. The van der Waals surface area contributed by atoms with Gasteiger partial charge in [0.15, 0.2) is 5.65 Å². The summed E-state index contributed by atoms with van der Waals surface area (Å²) in [4.78, 5) is 16.9. The molecule has 0 radical (unpaired) electrons. The van der Waals surface area contributed by atoms with Crippen molar-refractivity contribution in [3.63, 3.8) is 0 Å². The van der Waals surface area contributed by atoms with Gasteiger partial charge in [-0.05, 0) is 24.3 Å². The molecule has 4 rings (SSSR count). The van der Waals surface area contributed by atoms with Gasteiger partial charge >= 0.3 is 0 Å². The van der Waals surface area contributed by atoms with Crippen LogP contribution in [0.3, 0.4) is 0 Å². The van der Waals surface area contributed by atoms with E-state index in [4.69, 9.17) is 11.6 Å². The molecule has 26 heavy (non-hydrogen) atoms. The lowest BCUT2D eigenvalue weighted by Crippen LogP contribution is -2.12. The maximum absolute atomic E-state index is 12.7. The number of aromatic nitrogens is 5. The molecule has 0 unspecified atom stereocenters. The number of fused-ring (bicyclic) bond motifs is 1. The Labute approximate surface area is 152 Å². The molecule has 9 heteroatoms. The molecule has 0 aliphatic rings. The van der Waals surface area contributed by atoms with Crippen LogP contribution in [0.1, 0.15) is 10.4 Å². The number of carbonyl (C=O) groups is 1. The Morgan fingerprint density at radius 1 is 1.27 bits per heavy atom. The first-order chi connectivity index (χ1) is 12.5. The number of hydrogen-bond donors (Lipinski definition) is 2. The number of halogens is 1. The average Bonchev–Trinajstić information content (AvgIpc) is 3.21. The van der Waals surface area contributed by atoms with Crippen molar-refractivity contribution in [2.24, 2.45) is 7.05 Å². The van der Waals surface area contributed by atoms with E-state index in [0.717, 1.165) is 0 Å². The van der Waals surface area contributed by atoms with Crippen molar-refractivity contribution in [3.8, 4) is 17.0 Å². The highest BCUT2D eigenvalue weighted by atomic mass is 35.5. The van der Waals surface area contributed by atoms with Gasteiger partial charge in [0.1, 0.15) is 11.3 Å². The number of aryl methyl sites for hydroxylation is 1. The molecule has 0 spiro atoms. The van der Waals surface area contributed by atoms with E-state index >= 15 is 0 Å². The van der Waals surface area contributed by atoms with Gasteiger partial charge in [0.05, 0.1) is 23.8 Å². The van der Waals surface area contributed by atoms with Crippen molar-refractivity contribution < 1.29 is 9.90 Å². The lowest BCUT2D eigenvalue weighted by atomic mass is 10.1. The molecular weight excluding hydrogens is 356 g/mol. The number of nitrogens with zero attached hydrogens (tertiary/aromatic N) is 5. The van der Waals surface area contributed by atoms with Crippen LogP contribution in [0.4, 0.5) is 5.69 Å². The van der Waals surface area contributed by atoms with Crippen molar-refractivity contribution >= 4 is 28.8 Å². The van der Waals surface area contributed by atoms with E-state index in [2.05, 4.69) is 20.5 Å². The van der Waals surface area contributed by atoms with E-state index in [-0.39, 0.29) is 11.7 Å². The second-order valence-corrected chi connectivity index (χ2v) is 6.03. The normalized spacial score (nSPS) is 11.0. The van der Waals surface area contributed by atoms with Crippen LogP contribution in [0.5, 0.6) is 5.75 Å². The molecule has 8 nitrogen and oxygen atoms in total. The largest absolute Gasteiger partial charge is 0.507 e. The summed E-state index contributed by atoms with van der Waals surface area (Å²) in [6, 6.07) is 6.41. The molecule has 0 saturated carbocycles. The topological polar surface area (TPSA) is 97.3 Å². The zero-order valence-electron chi connectivity index (χ0n) is 13.6. The van der Waals surface area contributed by atoms with Gasteiger partial charge in [0.25, 0.3) is 5.91 Å². The molecule has 3 heterocycles. The second kappa shape index (κ2) is 6.16. The number of benzene rings is 1. The van der Waals surface area contributed by atoms with E-state index in [1.54, 1.807) is 42.3 Å². The third-order valence-electron chi connectivity index (χ3n) is 3.92. The number of rotatable bonds is 3. The van der Waals surface area contributed by atoms with Gasteiger partial charge in [0.2, 0.25) is 0 Å². The number of anilines is 1. The fraction of sp³-hybridized carbons (Fsp3) is 0.0588. The molecule has 1 amide bonds. The van der Waals surface area contributed by atoms with Crippen LogP contribution in [-0.2, 0) is 7.05 Å². The monoisotopic (exact) mass is 368 g/mol. The first kappa shape index (κ1) is 16.1. The van der Waals surface area contributed by atoms with Gasteiger partial charge in [-0.2, -0.15) is 10.2 Å². The molecule has 0 aliphatic heterocycles. The summed E-state index contributed by atoms with van der Waals surface area (Å²) < 4.78 is 3.07. The second-order valence-electron chi connectivity index (χ2n) is 5.59. The Bertz CT molecular complexity index is 1130. The zero-order chi connectivity index (χ0) is 18.3. The standard InChI is InChI=1S/C17H13ClN6O2/c1-23-15(11-7-10(18)3-4-14(11)25)13(9-20-23)22-17(26)12-8-21-24-6-2-5-19-16(12)24/h2-9,25H,1H3,(H,22,26). The van der Waals surface area contributed by atoms with Gasteiger partial charge in [-0.15, -0.1) is 0 Å². The molecule has 0 atom stereocenters. The molecule has 0 aliphatic carbocycles. The lowest BCUT2D eigenvalue weighted by Gasteiger charge is -2.10. The summed E-state index contributed by atoms with van der Waals surface area (Å²) >= 11 is 6.04. The van der Waals surface area contributed by atoms with Crippen LogP contribution in [-0.4, -0.2) is 35.4 Å². The van der Waals surface area contributed by atoms with Gasteiger partial charge in [-0.3, -0.25) is 9.48 Å². The van der Waals surface area contributed by atoms with E-state index in [9.17, 15) is 9.90 Å². The zero-order valence-corrected chi connectivity index (χ0v) is 14.3. The highest BCUT2D eigenvalue weighted by molar-refractivity contribution is 6.31. The molecular formula is C17H13ClN6O2. The van der Waals surface area contributed by atoms with Gasteiger partial charge < -0.3 is 10.4 Å². The van der Waals surface area contributed by atoms with E-state index < -0.39 is 0 Å². The van der Waals surface area contributed by atoms with Crippen LogP contribution in [0, 0.1) is 0 Å². The van der Waals surface area contributed by atoms with Crippen LogP contribution in [0.2, 0.25) is 5.02 Å². The highest BCUT2D eigenvalue weighted by Crippen LogP contribution is 2.36. The Morgan fingerprint density at radius 2 is 2.12 bits per heavy atom. The van der Waals surface area contributed by atoms with E-state index in [1.165, 1.54) is 23.0 Å². The van der Waals surface area contributed by atoms with Crippen molar-refractivity contribution in [1.82, 2.24) is 24.4 Å². The Morgan fingerprint density at radius 3 is 2.96 bits per heavy atom. The fourth-order valence-corrected chi connectivity index (χ4v) is 2.90. The van der Waals surface area contributed by atoms with Crippen molar-refractivity contribution in [3.05, 3.63) is 59.6 Å². The van der Waals surface area contributed by atoms with E-state index in [0.29, 0.717) is 33.2 Å². The van der Waals surface area contributed by atoms with Gasteiger partial charge in [-0.25, -0.2) is 9.50 Å². The number of phenols is 1. The first-order valence-electron chi connectivity index (χ1n) is 7.65. The molecule has 0 saturated heterocycles. The molecule has 130 valence electrons. The average molecular weight is 369 g/mol. The Kier molecular flexibility index (Phi) is 3.81. The summed E-state index contributed by atoms with van der Waals surface area (Å²) in [5.74, 6) is -0.347. The third kappa shape index (κ3) is 2.66. The summed E-state index contributed by atoms with van der Waals surface area (Å²) in [5, 5.41) is 21.7. The smallest absolute Gasteiger partial charge is 0.261 e. The van der Waals surface area contributed by atoms with Crippen LogP contribution in [0.25, 0.3) is 16.9 Å². The summed E-state index contributed by atoms with van der Waals surface area (Å²) in [6.07, 6.45) is 6.25. The molecule has 3 aromatic heterocycles. The van der Waals surface area contributed by atoms with Gasteiger partial charge in [0, 0.05) is 30.0 Å². The molecule has 4 aromatic rings. The van der Waals surface area contributed by atoms with E-state index in [1.807, 2.05) is 0 Å². The first-order valence-corrected chi connectivity index (χ1v) is 8.03. The number of nitrogens with one attached hydrogen (secondary N) is 1. The Hall–Kier alpha value is -3.39. The summed E-state index contributed by atoms with van der Waals surface area (Å²) in [5.41, 5.74) is 2.20. The third-order valence-corrected chi connectivity index (χ3v) is 4.16. The van der Waals surface area contributed by atoms with Crippen LogP contribution >= 0.6 is 11.6 Å². The van der Waals surface area contributed by atoms with Crippen molar-refractivity contribution in [2.75, 3.05) is 5.32 Å². The van der Waals surface area contributed by atoms with Gasteiger partial charge in [-0.1, -0.05) is 11.6 Å². The maximum atomic E-state index is 12.7. The lowest BCUT2D eigenvalue weighted by molar-refractivity contribution is 0.102. The summed E-state index contributed by atoms with van der Waals surface area (Å²) in [7, 11) is 1.71. The predicted octanol–water partition coefficient (Wildman–Crippen LogP) is 2.74. The highest BCUT2D eigenvalue weighted by Gasteiger charge is 2.20. The SMILES string of the molecule is Cn1ncc(NC(=O)c2cnn3cccnc23)c1-c1cc(Cl)ccc1O. The fourth-order valence-electron chi connectivity index (χ4n) is 2.72. The maximum Gasteiger partial charge on any atom is 0.261 e. The summed E-state index contributed by atoms with van der Waals surface area (Å²) in [6.45, 7) is 0. The van der Waals surface area contributed by atoms with Crippen molar-refractivity contribution in [2.45, 2.75) is 0 Å².